The lowest BCUT2D eigenvalue weighted by atomic mass is 10.1. The minimum Gasteiger partial charge on any atom is -0.385 e. The number of piperazine rings is 1. The lowest BCUT2D eigenvalue weighted by Gasteiger charge is -2.37. The molecule has 1 aliphatic carbocycles. The van der Waals surface area contributed by atoms with Crippen molar-refractivity contribution in [2.45, 2.75) is 57.5 Å². The smallest absolute Gasteiger partial charge is 0.237 e. The van der Waals surface area contributed by atoms with Gasteiger partial charge in [-0.15, -0.1) is 0 Å². The third-order valence-electron chi connectivity index (χ3n) is 5.03. The van der Waals surface area contributed by atoms with Crippen LogP contribution in [0.4, 0.5) is 0 Å². The Kier molecular flexibility index (Phi) is 7.30. The number of hydrogen-bond acceptors (Lipinski definition) is 4. The number of hydrogen-bond donors (Lipinski definition) is 1. The summed E-state index contributed by atoms with van der Waals surface area (Å²) in [4.78, 5) is 28.5. The third kappa shape index (κ3) is 5.46. The fourth-order valence-electron chi connectivity index (χ4n) is 3.44. The number of methoxy groups -OCH3 is 1. The number of carbonyl (C=O) groups excluding carboxylic acids is 2. The van der Waals surface area contributed by atoms with Crippen LogP contribution in [0.25, 0.3) is 0 Å². The monoisotopic (exact) mass is 325 g/mol. The molecule has 0 aromatic rings. The first kappa shape index (κ1) is 18.2. The molecule has 1 aliphatic heterocycles. The molecule has 2 aliphatic rings. The van der Waals surface area contributed by atoms with Crippen LogP contribution in [-0.4, -0.2) is 73.6 Å². The van der Waals surface area contributed by atoms with Gasteiger partial charge in [0.25, 0.3) is 0 Å². The van der Waals surface area contributed by atoms with Gasteiger partial charge in [0.15, 0.2) is 0 Å². The molecule has 1 saturated carbocycles. The first-order valence-corrected chi connectivity index (χ1v) is 8.93. The Morgan fingerprint density at radius 2 is 1.83 bits per heavy atom. The van der Waals surface area contributed by atoms with Crippen molar-refractivity contribution in [2.24, 2.45) is 0 Å². The van der Waals surface area contributed by atoms with Crippen molar-refractivity contribution < 1.29 is 14.3 Å². The van der Waals surface area contributed by atoms with Gasteiger partial charge in [0.05, 0.1) is 6.04 Å². The van der Waals surface area contributed by atoms with Crippen LogP contribution >= 0.6 is 0 Å². The van der Waals surface area contributed by atoms with E-state index in [2.05, 4.69) is 10.2 Å². The highest BCUT2D eigenvalue weighted by molar-refractivity contribution is 5.81. The van der Waals surface area contributed by atoms with Crippen molar-refractivity contribution in [3.63, 3.8) is 0 Å². The molecule has 1 heterocycles. The van der Waals surface area contributed by atoms with E-state index >= 15 is 0 Å². The average Bonchev–Trinajstić information content (AvgIpc) is 3.07. The molecule has 0 aromatic heterocycles. The van der Waals surface area contributed by atoms with Crippen molar-refractivity contribution in [3.05, 3.63) is 0 Å². The van der Waals surface area contributed by atoms with Gasteiger partial charge in [-0.25, -0.2) is 0 Å². The highest BCUT2D eigenvalue weighted by Gasteiger charge is 2.28. The van der Waals surface area contributed by atoms with Crippen molar-refractivity contribution >= 4 is 11.8 Å². The highest BCUT2D eigenvalue weighted by atomic mass is 16.5. The van der Waals surface area contributed by atoms with E-state index in [0.29, 0.717) is 32.2 Å². The predicted octanol–water partition coefficient (Wildman–Crippen LogP) is 1.00. The van der Waals surface area contributed by atoms with Gasteiger partial charge in [-0.1, -0.05) is 12.8 Å². The van der Waals surface area contributed by atoms with Gasteiger partial charge in [-0.3, -0.25) is 14.5 Å². The SMILES string of the molecule is COCCCC(=O)N1CCN([C@H](C)C(=O)NC2CCCC2)CC1. The van der Waals surface area contributed by atoms with Crippen LogP contribution in [0.2, 0.25) is 0 Å². The maximum absolute atomic E-state index is 12.3. The Morgan fingerprint density at radius 1 is 1.17 bits per heavy atom. The fourth-order valence-corrected chi connectivity index (χ4v) is 3.44. The van der Waals surface area contributed by atoms with Crippen LogP contribution in [0.3, 0.4) is 0 Å². The normalized spacial score (nSPS) is 21.4. The molecule has 0 radical (unpaired) electrons. The van der Waals surface area contributed by atoms with Crippen molar-refractivity contribution in [2.75, 3.05) is 39.9 Å². The molecule has 2 amide bonds. The van der Waals surface area contributed by atoms with Crippen molar-refractivity contribution in [1.82, 2.24) is 15.1 Å². The first-order valence-electron chi connectivity index (χ1n) is 8.93. The molecular weight excluding hydrogens is 294 g/mol. The number of nitrogens with one attached hydrogen (secondary N) is 1. The number of amides is 2. The molecular formula is C17H31N3O3. The quantitative estimate of drug-likeness (QED) is 0.710. The molecule has 0 spiro atoms. The fraction of sp³-hybridized carbons (Fsp3) is 0.882. The lowest BCUT2D eigenvalue weighted by molar-refractivity contribution is -0.134. The van der Waals surface area contributed by atoms with Crippen LogP contribution in [-0.2, 0) is 14.3 Å². The topological polar surface area (TPSA) is 61.9 Å². The van der Waals surface area contributed by atoms with Gasteiger partial charge in [0.1, 0.15) is 0 Å². The van der Waals surface area contributed by atoms with Crippen LogP contribution in [0.15, 0.2) is 0 Å². The van der Waals surface area contributed by atoms with Gasteiger partial charge >= 0.3 is 0 Å². The first-order chi connectivity index (χ1) is 11.1. The Labute approximate surface area is 139 Å². The Balaban J connectivity index is 1.70. The van der Waals surface area contributed by atoms with Crippen molar-refractivity contribution in [1.29, 1.82) is 0 Å². The van der Waals surface area contributed by atoms with Crippen LogP contribution < -0.4 is 5.32 Å². The Hall–Kier alpha value is -1.14. The summed E-state index contributed by atoms with van der Waals surface area (Å²) in [6.45, 7) is 5.58. The molecule has 0 unspecified atom stereocenters. The van der Waals surface area contributed by atoms with E-state index in [9.17, 15) is 9.59 Å². The molecule has 132 valence electrons. The molecule has 6 nitrogen and oxygen atoms in total. The molecule has 23 heavy (non-hydrogen) atoms. The summed E-state index contributed by atoms with van der Waals surface area (Å²) in [6.07, 6.45) is 6.00. The molecule has 0 aromatic carbocycles. The summed E-state index contributed by atoms with van der Waals surface area (Å²) < 4.78 is 4.99. The van der Waals surface area contributed by atoms with E-state index in [1.807, 2.05) is 11.8 Å². The van der Waals surface area contributed by atoms with Crippen molar-refractivity contribution in [3.8, 4) is 0 Å². The summed E-state index contributed by atoms with van der Waals surface area (Å²) in [5.41, 5.74) is 0. The second-order valence-corrected chi connectivity index (χ2v) is 6.68. The highest BCUT2D eigenvalue weighted by Crippen LogP contribution is 2.18. The summed E-state index contributed by atoms with van der Waals surface area (Å²) in [6, 6.07) is 0.259. The summed E-state index contributed by atoms with van der Waals surface area (Å²) in [5.74, 6) is 0.335. The minimum absolute atomic E-state index is 0.110. The molecule has 2 rings (SSSR count). The number of carbonyl (C=O) groups is 2. The third-order valence-corrected chi connectivity index (χ3v) is 5.03. The summed E-state index contributed by atoms with van der Waals surface area (Å²) in [5, 5.41) is 3.17. The second kappa shape index (κ2) is 9.23. The number of rotatable bonds is 7. The minimum atomic E-state index is -0.110. The predicted molar refractivity (Wildman–Crippen MR) is 89.1 cm³/mol. The lowest BCUT2D eigenvalue weighted by Crippen LogP contribution is -2.55. The maximum Gasteiger partial charge on any atom is 0.237 e. The van der Waals surface area contributed by atoms with Crippen LogP contribution in [0.5, 0.6) is 0 Å². The van der Waals surface area contributed by atoms with Crippen LogP contribution in [0, 0.1) is 0 Å². The van der Waals surface area contributed by atoms with E-state index in [1.54, 1.807) is 7.11 Å². The van der Waals surface area contributed by atoms with Gasteiger partial charge in [0.2, 0.25) is 11.8 Å². The van der Waals surface area contributed by atoms with E-state index in [1.165, 1.54) is 12.8 Å². The molecule has 0 bridgehead atoms. The summed E-state index contributed by atoms with van der Waals surface area (Å²) in [7, 11) is 1.65. The Morgan fingerprint density at radius 3 is 2.43 bits per heavy atom. The van der Waals surface area contributed by atoms with Gasteiger partial charge in [-0.2, -0.15) is 0 Å². The van der Waals surface area contributed by atoms with Gasteiger partial charge < -0.3 is 15.0 Å². The Bertz CT molecular complexity index is 389. The molecule has 1 N–H and O–H groups in total. The standard InChI is InChI=1S/C17H31N3O3/c1-14(17(22)18-15-6-3-4-7-15)19-9-11-20(12-10-19)16(21)8-5-13-23-2/h14-15H,3-13H2,1-2H3,(H,18,22)/t14-/m1/s1. The molecule has 6 heteroatoms. The van der Waals surface area contributed by atoms with Gasteiger partial charge in [-0.05, 0) is 26.2 Å². The van der Waals surface area contributed by atoms with E-state index in [0.717, 1.165) is 32.4 Å². The zero-order chi connectivity index (χ0) is 16.7. The van der Waals surface area contributed by atoms with E-state index < -0.39 is 0 Å². The maximum atomic E-state index is 12.3. The molecule has 1 saturated heterocycles. The van der Waals surface area contributed by atoms with E-state index in [4.69, 9.17) is 4.74 Å². The summed E-state index contributed by atoms with van der Waals surface area (Å²) >= 11 is 0. The van der Waals surface area contributed by atoms with Crippen LogP contribution in [0.1, 0.15) is 45.4 Å². The van der Waals surface area contributed by atoms with E-state index in [-0.39, 0.29) is 17.9 Å². The molecule has 2 fully saturated rings. The zero-order valence-electron chi connectivity index (χ0n) is 14.6. The number of ether oxygens (including phenoxy) is 1. The second-order valence-electron chi connectivity index (χ2n) is 6.68. The number of nitrogens with zero attached hydrogens (tertiary/aromatic N) is 2. The zero-order valence-corrected chi connectivity index (χ0v) is 14.6. The molecule has 1 atom stereocenters. The largest absolute Gasteiger partial charge is 0.385 e. The van der Waals surface area contributed by atoms with Gasteiger partial charge in [0, 0.05) is 52.4 Å². The average molecular weight is 325 g/mol.